The van der Waals surface area contributed by atoms with E-state index in [2.05, 4.69) is 5.10 Å². The first-order valence-corrected chi connectivity index (χ1v) is 8.64. The highest BCUT2D eigenvalue weighted by molar-refractivity contribution is 5.79. The molecule has 0 saturated carbocycles. The first-order chi connectivity index (χ1) is 12.8. The number of ether oxygens (including phenoxy) is 1. The molecule has 27 heavy (non-hydrogen) atoms. The zero-order chi connectivity index (χ0) is 19.4. The summed E-state index contributed by atoms with van der Waals surface area (Å²) in [4.78, 5) is 12.6. The van der Waals surface area contributed by atoms with Crippen molar-refractivity contribution in [3.05, 3.63) is 77.7 Å². The summed E-state index contributed by atoms with van der Waals surface area (Å²) < 4.78 is 19.9. The average molecular weight is 364 g/mol. The van der Waals surface area contributed by atoms with E-state index in [-0.39, 0.29) is 5.82 Å². The Kier molecular flexibility index (Phi) is 5.21. The fourth-order valence-corrected chi connectivity index (χ4v) is 2.47. The van der Waals surface area contributed by atoms with Gasteiger partial charge in [0.15, 0.2) is 0 Å². The van der Waals surface area contributed by atoms with Gasteiger partial charge in [0.2, 0.25) is 0 Å². The molecule has 0 radical (unpaired) electrons. The molecule has 0 saturated heterocycles. The Bertz CT molecular complexity index is 952. The highest BCUT2D eigenvalue weighted by Crippen LogP contribution is 2.22. The molecule has 0 bridgehead atoms. The van der Waals surface area contributed by atoms with Gasteiger partial charge in [-0.3, -0.25) is 0 Å². The van der Waals surface area contributed by atoms with Crippen LogP contribution in [0.1, 0.15) is 32.0 Å². The fourth-order valence-electron chi connectivity index (χ4n) is 2.47. The molecule has 0 atom stereocenters. The second-order valence-corrected chi connectivity index (χ2v) is 7.10. The molecular weight excluding hydrogens is 343 g/mol. The molecule has 3 aromatic rings. The van der Waals surface area contributed by atoms with Gasteiger partial charge in [0.25, 0.3) is 0 Å². The van der Waals surface area contributed by atoms with Crippen molar-refractivity contribution in [1.29, 1.82) is 0 Å². The second kappa shape index (κ2) is 7.58. The first kappa shape index (κ1) is 18.6. The first-order valence-electron chi connectivity index (χ1n) is 8.64. The normalized spacial score (nSPS) is 11.7. The van der Waals surface area contributed by atoms with Crippen LogP contribution < -0.4 is 0 Å². The second-order valence-electron chi connectivity index (χ2n) is 7.10. The predicted octanol–water partition coefficient (Wildman–Crippen LogP) is 5.64. The van der Waals surface area contributed by atoms with Gasteiger partial charge in [-0.1, -0.05) is 36.4 Å². The van der Waals surface area contributed by atoms with Crippen LogP contribution in [0.5, 0.6) is 0 Å². The number of rotatable bonds is 3. The van der Waals surface area contributed by atoms with E-state index in [1.807, 2.05) is 36.4 Å². The molecule has 0 fully saturated rings. The third kappa shape index (κ3) is 4.91. The van der Waals surface area contributed by atoms with Crippen LogP contribution in [0.3, 0.4) is 0 Å². The predicted molar refractivity (Wildman–Crippen MR) is 105 cm³/mol. The molecule has 0 spiro atoms. The minimum atomic E-state index is -0.639. The van der Waals surface area contributed by atoms with Crippen LogP contribution in [0.2, 0.25) is 0 Å². The van der Waals surface area contributed by atoms with Crippen molar-refractivity contribution < 1.29 is 13.9 Å². The smallest absolute Gasteiger partial charge is 0.435 e. The lowest BCUT2D eigenvalue weighted by molar-refractivity contribution is 0.0514. The van der Waals surface area contributed by atoms with Gasteiger partial charge in [0.1, 0.15) is 11.4 Å². The van der Waals surface area contributed by atoms with Crippen LogP contribution >= 0.6 is 0 Å². The highest BCUT2D eigenvalue weighted by atomic mass is 19.1. The van der Waals surface area contributed by atoms with Crippen LogP contribution in [0.25, 0.3) is 23.4 Å². The average Bonchev–Trinajstić information content (AvgIpc) is 3.04. The van der Waals surface area contributed by atoms with Gasteiger partial charge in [-0.2, -0.15) is 9.78 Å². The number of carbonyl (C=O) groups is 1. The molecule has 0 aliphatic rings. The van der Waals surface area contributed by atoms with Gasteiger partial charge in [-0.15, -0.1) is 0 Å². The number of benzene rings is 2. The minimum absolute atomic E-state index is 0.325. The van der Waals surface area contributed by atoms with E-state index in [4.69, 9.17) is 4.74 Å². The summed E-state index contributed by atoms with van der Waals surface area (Å²) in [6.45, 7) is 5.40. The Balaban J connectivity index is 1.99. The van der Waals surface area contributed by atoms with Crippen molar-refractivity contribution in [3.63, 3.8) is 0 Å². The third-order valence-corrected chi connectivity index (χ3v) is 3.69. The number of hydrogen-bond donors (Lipinski definition) is 0. The number of carbonyl (C=O) groups excluding carboxylic acids is 1. The molecule has 2 aromatic carbocycles. The zero-order valence-corrected chi connectivity index (χ0v) is 15.5. The molecule has 5 heteroatoms. The van der Waals surface area contributed by atoms with Crippen molar-refractivity contribution >= 4 is 18.2 Å². The topological polar surface area (TPSA) is 44.1 Å². The van der Waals surface area contributed by atoms with E-state index in [0.717, 1.165) is 5.56 Å². The highest BCUT2D eigenvalue weighted by Gasteiger charge is 2.21. The maximum absolute atomic E-state index is 13.2. The molecule has 0 aliphatic heterocycles. The number of hydrogen-bond acceptors (Lipinski definition) is 3. The number of nitrogens with zero attached hydrogens (tertiary/aromatic N) is 2. The van der Waals surface area contributed by atoms with E-state index in [1.54, 1.807) is 45.0 Å². The lowest BCUT2D eigenvalue weighted by Crippen LogP contribution is -2.28. The summed E-state index contributed by atoms with van der Waals surface area (Å²) in [5.41, 5.74) is 2.21. The Hall–Kier alpha value is -3.21. The van der Waals surface area contributed by atoms with Crippen molar-refractivity contribution in [2.45, 2.75) is 26.4 Å². The zero-order valence-electron chi connectivity index (χ0n) is 15.5. The van der Waals surface area contributed by atoms with Gasteiger partial charge >= 0.3 is 6.09 Å². The summed E-state index contributed by atoms with van der Waals surface area (Å²) >= 11 is 0. The summed E-state index contributed by atoms with van der Waals surface area (Å²) in [5, 5.41) is 4.37. The molecule has 0 aliphatic carbocycles. The van der Waals surface area contributed by atoms with Gasteiger partial charge in [-0.25, -0.2) is 9.18 Å². The quantitative estimate of drug-likeness (QED) is 0.604. The van der Waals surface area contributed by atoms with E-state index in [0.29, 0.717) is 17.0 Å². The van der Waals surface area contributed by atoms with Crippen molar-refractivity contribution in [2.75, 3.05) is 0 Å². The van der Waals surface area contributed by atoms with Gasteiger partial charge in [0.05, 0.1) is 11.4 Å². The molecule has 138 valence electrons. The summed E-state index contributed by atoms with van der Waals surface area (Å²) in [7, 11) is 0. The molecule has 4 nitrogen and oxygen atoms in total. The van der Waals surface area contributed by atoms with E-state index in [9.17, 15) is 9.18 Å². The molecule has 0 amide bonds. The molecule has 3 rings (SSSR count). The van der Waals surface area contributed by atoms with Gasteiger partial charge in [-0.05, 0) is 62.7 Å². The van der Waals surface area contributed by atoms with Crippen molar-refractivity contribution in [3.8, 4) is 11.3 Å². The van der Waals surface area contributed by atoms with E-state index < -0.39 is 11.7 Å². The maximum Gasteiger partial charge on any atom is 0.435 e. The van der Waals surface area contributed by atoms with Gasteiger partial charge < -0.3 is 4.74 Å². The van der Waals surface area contributed by atoms with Crippen molar-refractivity contribution in [2.24, 2.45) is 0 Å². The molecule has 0 unspecified atom stereocenters. The maximum atomic E-state index is 13.2. The summed E-state index contributed by atoms with van der Waals surface area (Å²) in [6, 6.07) is 17.5. The Morgan fingerprint density at radius 3 is 2.33 bits per heavy atom. The SMILES string of the molecule is CC(C)(C)OC(=O)n1nc(-c2ccc(F)cc2)cc1/C=C/c1ccccc1. The largest absolute Gasteiger partial charge is 0.442 e. The number of halogens is 1. The molecule has 0 N–H and O–H groups in total. The fraction of sp³-hybridized carbons (Fsp3) is 0.182. The lowest BCUT2D eigenvalue weighted by Gasteiger charge is -2.19. The Morgan fingerprint density at radius 1 is 1.04 bits per heavy atom. The molecular formula is C22H21FN2O2. The Labute approximate surface area is 157 Å². The standard InChI is InChI=1S/C22H21FN2O2/c1-22(2,3)27-21(26)25-19(14-9-16-7-5-4-6-8-16)15-20(24-25)17-10-12-18(23)13-11-17/h4-15H,1-3H3/b14-9+. The van der Waals surface area contributed by atoms with Crippen LogP contribution in [-0.2, 0) is 4.74 Å². The Morgan fingerprint density at radius 2 is 1.70 bits per heavy atom. The van der Waals surface area contributed by atoms with E-state index in [1.165, 1.54) is 16.8 Å². The minimum Gasteiger partial charge on any atom is -0.442 e. The third-order valence-electron chi connectivity index (χ3n) is 3.69. The van der Waals surface area contributed by atoms with Crippen LogP contribution in [0.4, 0.5) is 9.18 Å². The number of aromatic nitrogens is 2. The monoisotopic (exact) mass is 364 g/mol. The lowest BCUT2D eigenvalue weighted by atomic mass is 10.1. The summed E-state index contributed by atoms with van der Waals surface area (Å²) in [5.74, 6) is -0.325. The van der Waals surface area contributed by atoms with Gasteiger partial charge in [0, 0.05) is 5.56 Å². The van der Waals surface area contributed by atoms with Crippen molar-refractivity contribution in [1.82, 2.24) is 9.78 Å². The van der Waals surface area contributed by atoms with Crippen LogP contribution in [0.15, 0.2) is 60.7 Å². The summed E-state index contributed by atoms with van der Waals surface area (Å²) in [6.07, 6.45) is 3.13. The molecule has 1 aromatic heterocycles. The molecule has 1 heterocycles. The van der Waals surface area contributed by atoms with E-state index >= 15 is 0 Å². The van der Waals surface area contributed by atoms with Crippen LogP contribution in [0, 0.1) is 5.82 Å². The van der Waals surface area contributed by atoms with Crippen LogP contribution in [-0.4, -0.2) is 21.5 Å².